The zero-order chi connectivity index (χ0) is 14.0. The van der Waals surface area contributed by atoms with Crippen LogP contribution in [0.15, 0.2) is 29.2 Å². The third-order valence-electron chi connectivity index (χ3n) is 4.41. The van der Waals surface area contributed by atoms with E-state index in [-0.39, 0.29) is 17.3 Å². The lowest BCUT2D eigenvalue weighted by Gasteiger charge is -2.46. The summed E-state index contributed by atoms with van der Waals surface area (Å²) >= 11 is 1.50. The van der Waals surface area contributed by atoms with Crippen molar-refractivity contribution in [3.05, 3.63) is 30.1 Å². The number of halogens is 1. The Labute approximate surface area is 123 Å². The fourth-order valence-corrected chi connectivity index (χ4v) is 3.90. The summed E-state index contributed by atoms with van der Waals surface area (Å²) in [5.41, 5.74) is 0.0269. The Hall–Kier alpha value is -0.870. The third kappa shape index (κ3) is 3.07. The van der Waals surface area contributed by atoms with E-state index >= 15 is 0 Å². The van der Waals surface area contributed by atoms with E-state index in [1.54, 1.807) is 12.1 Å². The molecule has 1 saturated heterocycles. The van der Waals surface area contributed by atoms with Gasteiger partial charge >= 0.3 is 0 Å². The van der Waals surface area contributed by atoms with Gasteiger partial charge in [0.2, 0.25) is 0 Å². The van der Waals surface area contributed by atoms with Crippen molar-refractivity contribution in [2.45, 2.75) is 42.6 Å². The second-order valence-electron chi connectivity index (χ2n) is 5.78. The van der Waals surface area contributed by atoms with Crippen molar-refractivity contribution in [3.8, 4) is 0 Å². The molecule has 1 aliphatic heterocycles. The van der Waals surface area contributed by atoms with E-state index in [9.17, 15) is 9.18 Å². The molecule has 1 atom stereocenters. The lowest BCUT2D eigenvalue weighted by Crippen LogP contribution is -2.47. The number of ether oxygens (including phenoxy) is 1. The van der Waals surface area contributed by atoms with Gasteiger partial charge in [-0.3, -0.25) is 4.79 Å². The molecule has 1 aromatic carbocycles. The smallest absolute Gasteiger partial charge is 0.146 e. The van der Waals surface area contributed by atoms with Crippen LogP contribution in [-0.4, -0.2) is 23.7 Å². The Balaban J connectivity index is 1.52. The van der Waals surface area contributed by atoms with E-state index in [2.05, 4.69) is 0 Å². The van der Waals surface area contributed by atoms with Crippen molar-refractivity contribution in [3.63, 3.8) is 0 Å². The Kier molecular flexibility index (Phi) is 4.13. The fraction of sp³-hybridized carbons (Fsp3) is 0.562. The highest BCUT2D eigenvalue weighted by atomic mass is 32.2. The van der Waals surface area contributed by atoms with Gasteiger partial charge in [-0.1, -0.05) is 0 Å². The molecule has 3 rings (SSSR count). The van der Waals surface area contributed by atoms with Crippen LogP contribution < -0.4 is 0 Å². The van der Waals surface area contributed by atoms with Crippen molar-refractivity contribution >= 4 is 17.5 Å². The van der Waals surface area contributed by atoms with Crippen molar-refractivity contribution in [1.82, 2.24) is 0 Å². The topological polar surface area (TPSA) is 26.3 Å². The minimum absolute atomic E-state index is 0.0269. The van der Waals surface area contributed by atoms with E-state index < -0.39 is 0 Å². The molecule has 0 radical (unpaired) electrons. The molecule has 0 aromatic heterocycles. The van der Waals surface area contributed by atoms with Crippen molar-refractivity contribution < 1.29 is 13.9 Å². The molecule has 0 bridgehead atoms. The fourth-order valence-electron chi connectivity index (χ4n) is 3.03. The average Bonchev–Trinajstić information content (AvgIpc) is 2.45. The first-order chi connectivity index (χ1) is 9.67. The van der Waals surface area contributed by atoms with Crippen LogP contribution in [0.3, 0.4) is 0 Å². The second-order valence-corrected chi connectivity index (χ2v) is 6.83. The largest absolute Gasteiger partial charge is 0.375 e. The van der Waals surface area contributed by atoms with Crippen LogP contribution in [0.1, 0.15) is 32.1 Å². The Morgan fingerprint density at radius 2 is 2.10 bits per heavy atom. The zero-order valence-corrected chi connectivity index (χ0v) is 12.3. The molecule has 2 fully saturated rings. The Morgan fingerprint density at radius 1 is 1.35 bits per heavy atom. The van der Waals surface area contributed by atoms with Crippen molar-refractivity contribution in [2.75, 3.05) is 12.4 Å². The SMILES string of the molecule is O=C(CSc1ccc(F)cc1)C1CCOC2(CCC2)C1. The maximum atomic E-state index is 12.8. The van der Waals surface area contributed by atoms with E-state index in [1.807, 2.05) is 0 Å². The molecule has 1 unspecified atom stereocenters. The van der Waals surface area contributed by atoms with Crippen LogP contribution in [0, 0.1) is 11.7 Å². The zero-order valence-electron chi connectivity index (χ0n) is 11.4. The van der Waals surface area contributed by atoms with Gasteiger partial charge in [0.25, 0.3) is 0 Å². The van der Waals surface area contributed by atoms with Crippen LogP contribution in [0.5, 0.6) is 0 Å². The third-order valence-corrected chi connectivity index (χ3v) is 5.44. The van der Waals surface area contributed by atoms with Crippen LogP contribution >= 0.6 is 11.8 Å². The predicted molar refractivity (Wildman–Crippen MR) is 77.4 cm³/mol. The molecule has 1 aliphatic carbocycles. The number of rotatable bonds is 4. The summed E-state index contributed by atoms with van der Waals surface area (Å²) in [7, 11) is 0. The van der Waals surface area contributed by atoms with Gasteiger partial charge in [0, 0.05) is 17.4 Å². The second kappa shape index (κ2) is 5.86. The van der Waals surface area contributed by atoms with E-state index in [4.69, 9.17) is 4.74 Å². The molecule has 2 aliphatic rings. The summed E-state index contributed by atoms with van der Waals surface area (Å²) in [4.78, 5) is 13.3. The first-order valence-corrected chi connectivity index (χ1v) is 8.21. The predicted octanol–water partition coefficient (Wildman–Crippen LogP) is 3.84. The van der Waals surface area contributed by atoms with Crippen LogP contribution in [0.2, 0.25) is 0 Å². The molecule has 1 spiro atoms. The number of ketones is 1. The van der Waals surface area contributed by atoms with Gasteiger partial charge < -0.3 is 4.74 Å². The summed E-state index contributed by atoms with van der Waals surface area (Å²) in [5, 5.41) is 0. The lowest BCUT2D eigenvalue weighted by molar-refractivity contribution is -0.154. The minimum Gasteiger partial charge on any atom is -0.375 e. The van der Waals surface area contributed by atoms with E-state index in [0.29, 0.717) is 11.5 Å². The van der Waals surface area contributed by atoms with Gasteiger partial charge in [0.15, 0.2) is 0 Å². The van der Waals surface area contributed by atoms with Crippen LogP contribution in [0.25, 0.3) is 0 Å². The number of hydrogen-bond acceptors (Lipinski definition) is 3. The van der Waals surface area contributed by atoms with Gasteiger partial charge in [-0.15, -0.1) is 11.8 Å². The molecular weight excluding hydrogens is 275 g/mol. The first-order valence-electron chi connectivity index (χ1n) is 7.22. The first kappa shape index (κ1) is 14.1. The summed E-state index contributed by atoms with van der Waals surface area (Å²) in [6.45, 7) is 0.720. The molecule has 0 N–H and O–H groups in total. The molecule has 1 aromatic rings. The van der Waals surface area contributed by atoms with Crippen molar-refractivity contribution in [1.29, 1.82) is 0 Å². The monoisotopic (exact) mass is 294 g/mol. The molecule has 108 valence electrons. The summed E-state index contributed by atoms with van der Waals surface area (Å²) < 4.78 is 18.7. The molecule has 4 heteroatoms. The van der Waals surface area contributed by atoms with Crippen LogP contribution in [0.4, 0.5) is 4.39 Å². The molecule has 2 nitrogen and oxygen atoms in total. The Bertz CT molecular complexity index is 482. The number of benzene rings is 1. The number of carbonyl (C=O) groups is 1. The highest BCUT2D eigenvalue weighted by Crippen LogP contribution is 2.44. The minimum atomic E-state index is -0.239. The highest BCUT2D eigenvalue weighted by molar-refractivity contribution is 8.00. The summed E-state index contributed by atoms with van der Waals surface area (Å²) in [6, 6.07) is 6.32. The quantitative estimate of drug-likeness (QED) is 0.789. The average molecular weight is 294 g/mol. The van der Waals surface area contributed by atoms with Crippen LogP contribution in [-0.2, 0) is 9.53 Å². The highest BCUT2D eigenvalue weighted by Gasteiger charge is 2.44. The summed E-state index contributed by atoms with van der Waals surface area (Å²) in [5.74, 6) is 0.703. The van der Waals surface area contributed by atoms with Gasteiger partial charge in [0.1, 0.15) is 11.6 Å². The molecular formula is C16H19FO2S. The molecule has 20 heavy (non-hydrogen) atoms. The summed E-state index contributed by atoms with van der Waals surface area (Å²) in [6.07, 6.45) is 5.20. The van der Waals surface area contributed by atoms with E-state index in [1.165, 1.54) is 30.3 Å². The number of carbonyl (C=O) groups excluding carboxylic acids is 1. The maximum absolute atomic E-state index is 12.8. The lowest BCUT2D eigenvalue weighted by atomic mass is 9.71. The number of hydrogen-bond donors (Lipinski definition) is 0. The van der Waals surface area contributed by atoms with Gasteiger partial charge in [-0.05, 0) is 56.4 Å². The van der Waals surface area contributed by atoms with Crippen molar-refractivity contribution in [2.24, 2.45) is 5.92 Å². The number of Topliss-reactive ketones (excluding diaryl/α,β-unsaturated/α-hetero) is 1. The molecule has 1 heterocycles. The Morgan fingerprint density at radius 3 is 2.75 bits per heavy atom. The molecule has 0 amide bonds. The standard InChI is InChI=1S/C16H19FO2S/c17-13-2-4-14(5-3-13)20-11-15(18)12-6-9-19-16(10-12)7-1-8-16/h2-5,12H,1,6-11H2. The number of thioether (sulfide) groups is 1. The normalized spacial score (nSPS) is 24.4. The van der Waals surface area contributed by atoms with Gasteiger partial charge in [0.05, 0.1) is 11.4 Å². The molecule has 1 saturated carbocycles. The van der Waals surface area contributed by atoms with Gasteiger partial charge in [-0.25, -0.2) is 4.39 Å². The maximum Gasteiger partial charge on any atom is 0.146 e. The van der Waals surface area contributed by atoms with E-state index in [0.717, 1.165) is 37.2 Å². The van der Waals surface area contributed by atoms with Gasteiger partial charge in [-0.2, -0.15) is 0 Å².